The van der Waals surface area contributed by atoms with Crippen molar-refractivity contribution in [1.82, 2.24) is 4.98 Å². The van der Waals surface area contributed by atoms with Crippen LogP contribution in [0.4, 0.5) is 5.69 Å². The van der Waals surface area contributed by atoms with Crippen LogP contribution in [-0.4, -0.2) is 17.3 Å². The second kappa shape index (κ2) is 3.58. The Bertz CT molecular complexity index is 436. The van der Waals surface area contributed by atoms with Crippen LogP contribution in [0.25, 0.3) is 0 Å². The van der Waals surface area contributed by atoms with Crippen molar-refractivity contribution in [1.29, 1.82) is 0 Å². The van der Waals surface area contributed by atoms with Crippen molar-refractivity contribution < 1.29 is 4.79 Å². The number of rotatable bonds is 2. The third-order valence-electron chi connectivity index (χ3n) is 3.13. The average molecular weight is 218 g/mol. The van der Waals surface area contributed by atoms with Gasteiger partial charge in [-0.25, -0.2) is 0 Å². The van der Waals surface area contributed by atoms with E-state index in [9.17, 15) is 4.79 Å². The fourth-order valence-corrected chi connectivity index (χ4v) is 1.98. The lowest BCUT2D eigenvalue weighted by molar-refractivity contribution is 0.0934. The molecule has 0 amide bonds. The second-order valence-corrected chi connectivity index (χ2v) is 5.37. The molecule has 1 aromatic rings. The molecule has 2 heterocycles. The first-order valence-corrected chi connectivity index (χ1v) is 5.70. The van der Waals surface area contributed by atoms with E-state index in [-0.39, 0.29) is 17.1 Å². The standard InChI is InChI=1S/C13H18N2O/c1-8(2)12(16)11-5-10-9(6-14-11)13(3,4)7-15-10/h5-6,8,15H,7H2,1-4H3. The highest BCUT2D eigenvalue weighted by molar-refractivity contribution is 5.96. The lowest BCUT2D eigenvalue weighted by Crippen LogP contribution is -2.19. The number of anilines is 1. The smallest absolute Gasteiger partial charge is 0.183 e. The molecular formula is C13H18N2O. The van der Waals surface area contributed by atoms with Crippen LogP contribution in [-0.2, 0) is 5.41 Å². The Labute approximate surface area is 96.3 Å². The normalized spacial score (nSPS) is 17.1. The van der Waals surface area contributed by atoms with Gasteiger partial charge in [0.15, 0.2) is 5.78 Å². The molecular weight excluding hydrogens is 200 g/mol. The molecule has 1 aliphatic rings. The lowest BCUT2D eigenvalue weighted by atomic mass is 9.88. The molecule has 0 fully saturated rings. The predicted octanol–water partition coefficient (Wildman–Crippen LogP) is 2.62. The molecule has 3 nitrogen and oxygen atoms in total. The lowest BCUT2D eigenvalue weighted by Gasteiger charge is -2.16. The van der Waals surface area contributed by atoms with Gasteiger partial charge in [0.25, 0.3) is 0 Å². The molecule has 0 aromatic carbocycles. The van der Waals surface area contributed by atoms with E-state index < -0.39 is 0 Å². The minimum Gasteiger partial charge on any atom is -0.384 e. The summed E-state index contributed by atoms with van der Waals surface area (Å²) in [5.41, 5.74) is 2.94. The number of hydrogen-bond donors (Lipinski definition) is 1. The summed E-state index contributed by atoms with van der Waals surface area (Å²) in [4.78, 5) is 16.1. The van der Waals surface area contributed by atoms with Crippen LogP contribution in [0.15, 0.2) is 12.3 Å². The highest BCUT2D eigenvalue weighted by atomic mass is 16.1. The van der Waals surface area contributed by atoms with Gasteiger partial charge in [0.1, 0.15) is 5.69 Å². The first kappa shape index (κ1) is 11.1. The van der Waals surface area contributed by atoms with Gasteiger partial charge in [-0.2, -0.15) is 0 Å². The first-order chi connectivity index (χ1) is 7.42. The topological polar surface area (TPSA) is 42.0 Å². The Balaban J connectivity index is 2.39. The Morgan fingerprint density at radius 2 is 2.19 bits per heavy atom. The van der Waals surface area contributed by atoms with Gasteiger partial charge in [-0.1, -0.05) is 27.7 Å². The molecule has 2 rings (SSSR count). The molecule has 0 saturated carbocycles. The highest BCUT2D eigenvalue weighted by Crippen LogP contribution is 2.35. The molecule has 1 N–H and O–H groups in total. The molecule has 16 heavy (non-hydrogen) atoms. The minimum atomic E-state index is -0.0000340. The fourth-order valence-electron chi connectivity index (χ4n) is 1.98. The Morgan fingerprint density at radius 1 is 1.50 bits per heavy atom. The number of fused-ring (bicyclic) bond motifs is 1. The zero-order valence-corrected chi connectivity index (χ0v) is 10.3. The number of Topliss-reactive ketones (excluding diaryl/α,β-unsaturated/α-hetero) is 1. The molecule has 86 valence electrons. The number of hydrogen-bond acceptors (Lipinski definition) is 3. The van der Waals surface area contributed by atoms with E-state index in [0.29, 0.717) is 5.69 Å². The van der Waals surface area contributed by atoms with E-state index in [1.807, 2.05) is 26.1 Å². The minimum absolute atomic E-state index is 0.0000340. The maximum Gasteiger partial charge on any atom is 0.183 e. The van der Waals surface area contributed by atoms with Gasteiger partial charge >= 0.3 is 0 Å². The highest BCUT2D eigenvalue weighted by Gasteiger charge is 2.30. The van der Waals surface area contributed by atoms with Crippen molar-refractivity contribution >= 4 is 11.5 Å². The number of aromatic nitrogens is 1. The summed E-state index contributed by atoms with van der Waals surface area (Å²) in [5, 5.41) is 3.33. The van der Waals surface area contributed by atoms with Crippen molar-refractivity contribution in [2.45, 2.75) is 33.1 Å². The molecule has 0 unspecified atom stereocenters. The molecule has 3 heteroatoms. The van der Waals surface area contributed by atoms with Crippen LogP contribution in [0, 0.1) is 5.92 Å². The number of nitrogens with one attached hydrogen (secondary N) is 1. The number of ketones is 1. The van der Waals surface area contributed by atoms with E-state index in [4.69, 9.17) is 0 Å². The fraction of sp³-hybridized carbons (Fsp3) is 0.538. The summed E-state index contributed by atoms with van der Waals surface area (Å²) < 4.78 is 0. The molecule has 0 radical (unpaired) electrons. The van der Waals surface area contributed by atoms with Gasteiger partial charge in [-0.05, 0) is 6.07 Å². The predicted molar refractivity (Wildman–Crippen MR) is 64.9 cm³/mol. The van der Waals surface area contributed by atoms with Crippen LogP contribution in [0.2, 0.25) is 0 Å². The molecule has 1 aromatic heterocycles. The van der Waals surface area contributed by atoms with E-state index >= 15 is 0 Å². The van der Waals surface area contributed by atoms with Crippen molar-refractivity contribution in [3.63, 3.8) is 0 Å². The maximum absolute atomic E-state index is 11.8. The van der Waals surface area contributed by atoms with Crippen LogP contribution < -0.4 is 5.32 Å². The average Bonchev–Trinajstić information content (AvgIpc) is 2.53. The molecule has 1 aliphatic heterocycles. The monoisotopic (exact) mass is 218 g/mol. The third kappa shape index (κ3) is 1.70. The zero-order chi connectivity index (χ0) is 11.9. The summed E-state index contributed by atoms with van der Waals surface area (Å²) >= 11 is 0. The van der Waals surface area contributed by atoms with Gasteiger partial charge < -0.3 is 5.32 Å². The molecule has 0 saturated heterocycles. The van der Waals surface area contributed by atoms with Crippen LogP contribution >= 0.6 is 0 Å². The summed E-state index contributed by atoms with van der Waals surface area (Å²) in [6.45, 7) is 9.06. The summed E-state index contributed by atoms with van der Waals surface area (Å²) in [7, 11) is 0. The molecule has 0 atom stereocenters. The van der Waals surface area contributed by atoms with E-state index in [1.165, 1.54) is 5.56 Å². The number of pyridine rings is 1. The van der Waals surface area contributed by atoms with Gasteiger partial charge in [0.2, 0.25) is 0 Å². The molecule has 0 bridgehead atoms. The SMILES string of the molecule is CC(C)C(=O)c1cc2c(cn1)C(C)(C)CN2. The summed E-state index contributed by atoms with van der Waals surface area (Å²) in [5.74, 6) is 0.106. The zero-order valence-electron chi connectivity index (χ0n) is 10.3. The maximum atomic E-state index is 11.8. The van der Waals surface area contributed by atoms with Gasteiger partial charge in [0, 0.05) is 35.3 Å². The van der Waals surface area contributed by atoms with Crippen LogP contribution in [0.1, 0.15) is 43.7 Å². The molecule has 0 aliphatic carbocycles. The summed E-state index contributed by atoms with van der Waals surface area (Å²) in [6.07, 6.45) is 1.84. The van der Waals surface area contributed by atoms with Gasteiger partial charge in [-0.3, -0.25) is 9.78 Å². The van der Waals surface area contributed by atoms with Crippen molar-refractivity contribution in [3.05, 3.63) is 23.5 Å². The first-order valence-electron chi connectivity index (χ1n) is 5.70. The van der Waals surface area contributed by atoms with Crippen molar-refractivity contribution in [3.8, 4) is 0 Å². The number of carbonyl (C=O) groups excluding carboxylic acids is 1. The third-order valence-corrected chi connectivity index (χ3v) is 3.13. The number of nitrogens with zero attached hydrogens (tertiary/aromatic N) is 1. The van der Waals surface area contributed by atoms with E-state index in [2.05, 4.69) is 24.1 Å². The number of carbonyl (C=O) groups is 1. The van der Waals surface area contributed by atoms with E-state index in [0.717, 1.165) is 12.2 Å². The second-order valence-electron chi connectivity index (χ2n) is 5.37. The Morgan fingerprint density at radius 3 is 2.81 bits per heavy atom. The van der Waals surface area contributed by atoms with Crippen molar-refractivity contribution in [2.75, 3.05) is 11.9 Å². The van der Waals surface area contributed by atoms with Gasteiger partial charge in [-0.15, -0.1) is 0 Å². The molecule has 0 spiro atoms. The quantitative estimate of drug-likeness (QED) is 0.776. The van der Waals surface area contributed by atoms with E-state index in [1.54, 1.807) is 0 Å². The van der Waals surface area contributed by atoms with Crippen molar-refractivity contribution in [2.24, 2.45) is 5.92 Å². The Kier molecular flexibility index (Phi) is 2.49. The Hall–Kier alpha value is -1.38. The van der Waals surface area contributed by atoms with Crippen LogP contribution in [0.5, 0.6) is 0 Å². The van der Waals surface area contributed by atoms with Crippen LogP contribution in [0.3, 0.4) is 0 Å². The summed E-state index contributed by atoms with van der Waals surface area (Å²) in [6, 6.07) is 1.88. The largest absolute Gasteiger partial charge is 0.384 e. The van der Waals surface area contributed by atoms with Gasteiger partial charge in [0.05, 0.1) is 0 Å².